The van der Waals surface area contributed by atoms with Gasteiger partial charge in [-0.05, 0) is 30.3 Å². The number of carboxylic acids is 1. The van der Waals surface area contributed by atoms with E-state index in [2.05, 4.69) is 15.5 Å². The van der Waals surface area contributed by atoms with Gasteiger partial charge in [0.15, 0.2) is 11.5 Å². The third-order valence-electron chi connectivity index (χ3n) is 2.39. The highest BCUT2D eigenvalue weighted by Gasteiger charge is 2.09. The van der Waals surface area contributed by atoms with Crippen molar-refractivity contribution in [2.24, 2.45) is 5.73 Å². The Hall–Kier alpha value is -2.67. The van der Waals surface area contributed by atoms with Crippen molar-refractivity contribution in [3.8, 4) is 0 Å². The standard InChI is InChI=1S/C12H9ClN4O3/c13-8-5-6(1-2-7(8)12(19)20)15-10-4-3-9(11(14)18)16-17-10/h1-5H,(H2,14,18)(H,15,17)(H,19,20). The van der Waals surface area contributed by atoms with Crippen LogP contribution in [0.15, 0.2) is 30.3 Å². The zero-order valence-electron chi connectivity index (χ0n) is 10.0. The van der Waals surface area contributed by atoms with Crippen LogP contribution in [0.3, 0.4) is 0 Å². The fourth-order valence-corrected chi connectivity index (χ4v) is 1.71. The molecule has 0 unspecified atom stereocenters. The Morgan fingerprint density at radius 2 is 1.95 bits per heavy atom. The van der Waals surface area contributed by atoms with Crippen molar-refractivity contribution in [2.75, 3.05) is 5.32 Å². The fourth-order valence-electron chi connectivity index (χ4n) is 1.44. The summed E-state index contributed by atoms with van der Waals surface area (Å²) in [6, 6.07) is 7.31. The van der Waals surface area contributed by atoms with Gasteiger partial charge in [0, 0.05) is 5.69 Å². The zero-order chi connectivity index (χ0) is 14.7. The molecule has 2 aromatic rings. The number of carbonyl (C=O) groups excluding carboxylic acids is 1. The minimum Gasteiger partial charge on any atom is -0.478 e. The molecule has 0 aliphatic carbocycles. The van der Waals surface area contributed by atoms with Gasteiger partial charge in [0.2, 0.25) is 0 Å². The number of nitrogens with two attached hydrogens (primary N) is 1. The van der Waals surface area contributed by atoms with Crippen LogP contribution < -0.4 is 11.1 Å². The highest BCUT2D eigenvalue weighted by atomic mass is 35.5. The largest absolute Gasteiger partial charge is 0.478 e. The van der Waals surface area contributed by atoms with Crippen LogP contribution in [-0.2, 0) is 0 Å². The second kappa shape index (κ2) is 5.54. The van der Waals surface area contributed by atoms with Crippen molar-refractivity contribution in [1.82, 2.24) is 10.2 Å². The third-order valence-corrected chi connectivity index (χ3v) is 2.70. The van der Waals surface area contributed by atoms with Crippen LogP contribution in [0.2, 0.25) is 5.02 Å². The molecule has 0 fully saturated rings. The number of benzene rings is 1. The molecule has 1 amide bonds. The Labute approximate surface area is 118 Å². The number of aromatic nitrogens is 2. The Bertz CT molecular complexity index is 673. The van der Waals surface area contributed by atoms with Gasteiger partial charge in [0.1, 0.15) is 0 Å². The van der Waals surface area contributed by atoms with E-state index in [0.717, 1.165) is 0 Å². The van der Waals surface area contributed by atoms with Gasteiger partial charge < -0.3 is 16.2 Å². The molecular weight excluding hydrogens is 284 g/mol. The first-order valence-electron chi connectivity index (χ1n) is 5.41. The first kappa shape index (κ1) is 13.8. The minimum absolute atomic E-state index is 0.00683. The van der Waals surface area contributed by atoms with Crippen LogP contribution in [0.1, 0.15) is 20.8 Å². The summed E-state index contributed by atoms with van der Waals surface area (Å²) in [5.41, 5.74) is 5.65. The maximum Gasteiger partial charge on any atom is 0.337 e. The maximum atomic E-state index is 10.8. The monoisotopic (exact) mass is 292 g/mol. The zero-order valence-corrected chi connectivity index (χ0v) is 10.8. The number of nitrogens with one attached hydrogen (secondary N) is 1. The Kier molecular flexibility index (Phi) is 3.81. The van der Waals surface area contributed by atoms with E-state index in [1.807, 2.05) is 0 Å². The van der Waals surface area contributed by atoms with Gasteiger partial charge in [-0.1, -0.05) is 11.6 Å². The van der Waals surface area contributed by atoms with Crippen LogP contribution in [0.5, 0.6) is 0 Å². The molecule has 0 bridgehead atoms. The molecule has 1 aromatic carbocycles. The first-order chi connectivity index (χ1) is 9.47. The third kappa shape index (κ3) is 3.01. The maximum absolute atomic E-state index is 10.8. The number of halogens is 1. The molecule has 0 aliphatic rings. The van der Waals surface area contributed by atoms with Crippen molar-refractivity contribution >= 4 is 35.0 Å². The second-order valence-corrected chi connectivity index (χ2v) is 4.20. The molecule has 0 saturated carbocycles. The summed E-state index contributed by atoms with van der Waals surface area (Å²) in [6.45, 7) is 0. The number of hydrogen-bond donors (Lipinski definition) is 3. The summed E-state index contributed by atoms with van der Waals surface area (Å²) < 4.78 is 0. The Morgan fingerprint density at radius 1 is 1.20 bits per heavy atom. The number of carboxylic acid groups (broad SMARTS) is 1. The van der Waals surface area contributed by atoms with Crippen molar-refractivity contribution in [3.63, 3.8) is 0 Å². The molecule has 20 heavy (non-hydrogen) atoms. The normalized spacial score (nSPS) is 10.1. The van der Waals surface area contributed by atoms with E-state index in [9.17, 15) is 9.59 Å². The van der Waals surface area contributed by atoms with E-state index in [4.69, 9.17) is 22.4 Å². The van der Waals surface area contributed by atoms with E-state index < -0.39 is 11.9 Å². The lowest BCUT2D eigenvalue weighted by atomic mass is 10.2. The van der Waals surface area contributed by atoms with E-state index in [0.29, 0.717) is 11.5 Å². The predicted molar refractivity (Wildman–Crippen MR) is 72.2 cm³/mol. The second-order valence-electron chi connectivity index (χ2n) is 3.79. The van der Waals surface area contributed by atoms with Crippen molar-refractivity contribution in [1.29, 1.82) is 0 Å². The molecule has 0 saturated heterocycles. The number of carbonyl (C=O) groups is 2. The molecule has 1 heterocycles. The van der Waals surface area contributed by atoms with Crippen LogP contribution in [0, 0.1) is 0 Å². The van der Waals surface area contributed by atoms with Crippen molar-refractivity contribution in [2.45, 2.75) is 0 Å². The van der Waals surface area contributed by atoms with Gasteiger partial charge in [-0.15, -0.1) is 10.2 Å². The number of nitrogens with zero attached hydrogens (tertiary/aromatic N) is 2. The minimum atomic E-state index is -1.10. The molecule has 0 spiro atoms. The summed E-state index contributed by atoms with van der Waals surface area (Å²) in [5.74, 6) is -1.40. The molecule has 0 radical (unpaired) electrons. The van der Waals surface area contributed by atoms with Crippen molar-refractivity contribution in [3.05, 3.63) is 46.6 Å². The molecular formula is C12H9ClN4O3. The summed E-state index contributed by atoms with van der Waals surface area (Å²) >= 11 is 5.84. The molecule has 102 valence electrons. The highest BCUT2D eigenvalue weighted by molar-refractivity contribution is 6.33. The summed E-state index contributed by atoms with van der Waals surface area (Å²) in [4.78, 5) is 21.7. The summed E-state index contributed by atoms with van der Waals surface area (Å²) in [5, 5.41) is 19.2. The lowest BCUT2D eigenvalue weighted by Crippen LogP contribution is -2.13. The van der Waals surface area contributed by atoms with Crippen LogP contribution in [-0.4, -0.2) is 27.2 Å². The topological polar surface area (TPSA) is 118 Å². The average molecular weight is 293 g/mol. The molecule has 0 atom stereocenters. The first-order valence-corrected chi connectivity index (χ1v) is 5.78. The van der Waals surface area contributed by atoms with Crippen molar-refractivity contribution < 1.29 is 14.7 Å². The number of aromatic carboxylic acids is 1. The van der Waals surface area contributed by atoms with E-state index >= 15 is 0 Å². The van der Waals surface area contributed by atoms with Gasteiger partial charge in [-0.25, -0.2) is 4.79 Å². The van der Waals surface area contributed by atoms with Gasteiger partial charge >= 0.3 is 5.97 Å². The number of hydrogen-bond acceptors (Lipinski definition) is 5. The molecule has 0 aliphatic heterocycles. The highest BCUT2D eigenvalue weighted by Crippen LogP contribution is 2.23. The van der Waals surface area contributed by atoms with E-state index in [-0.39, 0.29) is 16.3 Å². The average Bonchev–Trinajstić information content (AvgIpc) is 2.39. The molecule has 7 nitrogen and oxygen atoms in total. The Balaban J connectivity index is 2.19. The fraction of sp³-hybridized carbons (Fsp3) is 0. The Morgan fingerprint density at radius 3 is 2.45 bits per heavy atom. The van der Waals surface area contributed by atoms with Gasteiger partial charge in [0.05, 0.1) is 10.6 Å². The van der Waals surface area contributed by atoms with E-state index in [1.165, 1.54) is 24.3 Å². The number of primary amides is 1. The number of amides is 1. The molecule has 1 aromatic heterocycles. The summed E-state index contributed by atoms with van der Waals surface area (Å²) in [6.07, 6.45) is 0. The lowest BCUT2D eigenvalue weighted by Gasteiger charge is -2.06. The summed E-state index contributed by atoms with van der Waals surface area (Å²) in [7, 11) is 0. The molecule has 8 heteroatoms. The molecule has 4 N–H and O–H groups in total. The van der Waals surface area contributed by atoms with Crippen LogP contribution in [0.4, 0.5) is 11.5 Å². The molecule has 2 rings (SSSR count). The van der Waals surface area contributed by atoms with Crippen LogP contribution >= 0.6 is 11.6 Å². The quantitative estimate of drug-likeness (QED) is 0.789. The van der Waals surface area contributed by atoms with Gasteiger partial charge in [0.25, 0.3) is 5.91 Å². The number of rotatable bonds is 4. The predicted octanol–water partition coefficient (Wildman–Crippen LogP) is 1.67. The lowest BCUT2D eigenvalue weighted by molar-refractivity contribution is 0.0697. The number of anilines is 2. The van der Waals surface area contributed by atoms with Gasteiger partial charge in [-0.3, -0.25) is 4.79 Å². The van der Waals surface area contributed by atoms with Gasteiger partial charge in [-0.2, -0.15) is 0 Å². The SMILES string of the molecule is NC(=O)c1ccc(Nc2ccc(C(=O)O)c(Cl)c2)nn1. The van der Waals surface area contributed by atoms with E-state index in [1.54, 1.807) is 6.07 Å². The smallest absolute Gasteiger partial charge is 0.337 e. The van der Waals surface area contributed by atoms with Crippen LogP contribution in [0.25, 0.3) is 0 Å².